The number of amides is 1. The third-order valence-electron chi connectivity index (χ3n) is 4.07. The molecule has 1 aromatic carbocycles. The van der Waals surface area contributed by atoms with Gasteiger partial charge in [0.1, 0.15) is 0 Å². The van der Waals surface area contributed by atoms with Crippen LogP contribution in [0.5, 0.6) is 0 Å². The Morgan fingerprint density at radius 1 is 1.21 bits per heavy atom. The first-order valence-electron chi connectivity index (χ1n) is 6.72. The maximum absolute atomic E-state index is 11.9. The summed E-state index contributed by atoms with van der Waals surface area (Å²) >= 11 is 0. The van der Waals surface area contributed by atoms with E-state index in [2.05, 4.69) is 5.32 Å². The molecule has 1 amide bonds. The van der Waals surface area contributed by atoms with Crippen LogP contribution in [0, 0.1) is 5.92 Å². The molecule has 2 rings (SSSR count). The lowest BCUT2D eigenvalue weighted by molar-refractivity contribution is -0.150. The normalized spacial score (nSPS) is 19.4. The predicted molar refractivity (Wildman–Crippen MR) is 71.5 cm³/mol. The van der Waals surface area contributed by atoms with Gasteiger partial charge in [0.25, 0.3) is 0 Å². The highest BCUT2D eigenvalue weighted by Gasteiger charge is 2.47. The maximum Gasteiger partial charge on any atom is 0.334 e. The highest BCUT2D eigenvalue weighted by molar-refractivity contribution is 5.83. The van der Waals surface area contributed by atoms with E-state index in [1.165, 1.54) is 0 Å². The minimum absolute atomic E-state index is 0.0497. The van der Waals surface area contributed by atoms with Crippen LogP contribution in [0.2, 0.25) is 0 Å². The molecule has 4 nitrogen and oxygen atoms in total. The van der Waals surface area contributed by atoms with E-state index in [4.69, 9.17) is 0 Å². The largest absolute Gasteiger partial charge is 0.479 e. The van der Waals surface area contributed by atoms with Crippen LogP contribution in [-0.4, -0.2) is 17.5 Å². The van der Waals surface area contributed by atoms with Crippen LogP contribution < -0.4 is 5.32 Å². The molecule has 0 aromatic heterocycles. The Morgan fingerprint density at radius 2 is 1.84 bits per heavy atom. The van der Waals surface area contributed by atoms with Gasteiger partial charge in [-0.05, 0) is 24.3 Å². The number of hydrogen-bond donors (Lipinski definition) is 2. The number of rotatable bonds is 5. The lowest BCUT2D eigenvalue weighted by Crippen LogP contribution is -2.54. The van der Waals surface area contributed by atoms with Crippen molar-refractivity contribution >= 4 is 12.4 Å². The van der Waals surface area contributed by atoms with Crippen molar-refractivity contribution in [2.75, 3.05) is 0 Å². The number of nitrogens with one attached hydrogen (secondary N) is 1. The van der Waals surface area contributed by atoms with E-state index in [-0.39, 0.29) is 5.92 Å². The highest BCUT2D eigenvalue weighted by Crippen LogP contribution is 2.39. The van der Waals surface area contributed by atoms with Gasteiger partial charge in [0.15, 0.2) is 5.54 Å². The Balaban J connectivity index is 2.46. The van der Waals surface area contributed by atoms with Crippen molar-refractivity contribution in [2.24, 2.45) is 5.92 Å². The van der Waals surface area contributed by atoms with Gasteiger partial charge in [0, 0.05) is 0 Å². The molecular formula is C15H19NO3. The molecule has 1 aliphatic carbocycles. The van der Waals surface area contributed by atoms with Crippen molar-refractivity contribution in [1.29, 1.82) is 0 Å². The second-order valence-corrected chi connectivity index (χ2v) is 5.08. The molecule has 1 aromatic rings. The van der Waals surface area contributed by atoms with Gasteiger partial charge in [-0.1, -0.05) is 49.6 Å². The minimum Gasteiger partial charge on any atom is -0.479 e. The summed E-state index contributed by atoms with van der Waals surface area (Å²) in [5.41, 5.74) is -0.634. The average molecular weight is 261 g/mol. The summed E-state index contributed by atoms with van der Waals surface area (Å²) in [6.07, 6.45) is 5.36. The van der Waals surface area contributed by atoms with Crippen molar-refractivity contribution in [3.8, 4) is 0 Å². The zero-order valence-electron chi connectivity index (χ0n) is 10.8. The molecule has 4 heteroatoms. The fraction of sp³-hybridized carbons (Fsp3) is 0.467. The molecule has 1 atom stereocenters. The number of benzene rings is 1. The Labute approximate surface area is 112 Å². The molecular weight excluding hydrogens is 242 g/mol. The van der Waals surface area contributed by atoms with E-state index < -0.39 is 11.5 Å². The molecule has 0 saturated heterocycles. The number of carboxylic acids is 1. The third kappa shape index (κ3) is 2.48. The van der Waals surface area contributed by atoms with E-state index in [9.17, 15) is 14.7 Å². The highest BCUT2D eigenvalue weighted by atomic mass is 16.4. The maximum atomic E-state index is 11.9. The zero-order chi connectivity index (χ0) is 13.7. The Hall–Kier alpha value is -1.84. The van der Waals surface area contributed by atoms with Crippen molar-refractivity contribution in [3.63, 3.8) is 0 Å². The molecule has 1 saturated carbocycles. The van der Waals surface area contributed by atoms with E-state index in [0.29, 0.717) is 12.0 Å². The second kappa shape index (κ2) is 5.87. The molecule has 0 unspecified atom stereocenters. The standard InChI is InChI=1S/C15H19NO3/c17-11-16-15(14(18)19,12-7-3-1-4-8-12)13-9-5-2-6-10-13/h1,3-4,7-8,11,13H,2,5-6,9-10H2,(H,16,17)(H,18,19)/t15-/m0/s1. The number of carboxylic acid groups (broad SMARTS) is 1. The van der Waals surface area contributed by atoms with Gasteiger partial charge >= 0.3 is 5.97 Å². The van der Waals surface area contributed by atoms with Crippen molar-refractivity contribution < 1.29 is 14.7 Å². The summed E-state index contributed by atoms with van der Waals surface area (Å²) in [7, 11) is 0. The number of hydrogen-bond acceptors (Lipinski definition) is 2. The molecule has 1 aliphatic rings. The van der Waals surface area contributed by atoms with Gasteiger partial charge in [-0.15, -0.1) is 0 Å². The fourth-order valence-corrected chi connectivity index (χ4v) is 3.13. The lowest BCUT2D eigenvalue weighted by atomic mass is 9.71. The van der Waals surface area contributed by atoms with E-state index >= 15 is 0 Å². The number of carbonyl (C=O) groups is 2. The Kier molecular flexibility index (Phi) is 4.20. The van der Waals surface area contributed by atoms with Crippen LogP contribution in [0.3, 0.4) is 0 Å². The lowest BCUT2D eigenvalue weighted by Gasteiger charge is -2.39. The van der Waals surface area contributed by atoms with Crippen molar-refractivity contribution in [3.05, 3.63) is 35.9 Å². The number of aliphatic carboxylic acids is 1. The summed E-state index contributed by atoms with van der Waals surface area (Å²) in [5.74, 6) is -1.02. The van der Waals surface area contributed by atoms with Gasteiger partial charge in [0.05, 0.1) is 0 Å². The monoisotopic (exact) mass is 261 g/mol. The van der Waals surface area contributed by atoms with Crippen LogP contribution in [0.4, 0.5) is 0 Å². The predicted octanol–water partition coefficient (Wildman–Crippen LogP) is 2.29. The Bertz CT molecular complexity index is 440. The smallest absolute Gasteiger partial charge is 0.334 e. The van der Waals surface area contributed by atoms with E-state index in [1.54, 1.807) is 12.1 Å². The quantitative estimate of drug-likeness (QED) is 0.799. The minimum atomic E-state index is -1.29. The van der Waals surface area contributed by atoms with Crippen LogP contribution in [0.15, 0.2) is 30.3 Å². The van der Waals surface area contributed by atoms with Crippen LogP contribution in [-0.2, 0) is 15.1 Å². The summed E-state index contributed by atoms with van der Waals surface area (Å²) < 4.78 is 0. The number of carbonyl (C=O) groups excluding carboxylic acids is 1. The summed E-state index contributed by atoms with van der Waals surface area (Å²) in [4.78, 5) is 22.9. The van der Waals surface area contributed by atoms with Gasteiger partial charge in [0.2, 0.25) is 6.41 Å². The van der Waals surface area contributed by atoms with Gasteiger partial charge < -0.3 is 10.4 Å². The molecule has 102 valence electrons. The van der Waals surface area contributed by atoms with Crippen LogP contribution in [0.25, 0.3) is 0 Å². The second-order valence-electron chi connectivity index (χ2n) is 5.08. The van der Waals surface area contributed by atoms with Crippen LogP contribution >= 0.6 is 0 Å². The molecule has 2 N–H and O–H groups in total. The van der Waals surface area contributed by atoms with Gasteiger partial charge in [-0.3, -0.25) is 4.79 Å². The average Bonchev–Trinajstić information content (AvgIpc) is 2.46. The van der Waals surface area contributed by atoms with Gasteiger partial charge in [-0.25, -0.2) is 4.79 Å². The molecule has 0 aliphatic heterocycles. The zero-order valence-corrected chi connectivity index (χ0v) is 10.8. The first kappa shape index (κ1) is 13.6. The summed E-state index contributed by atoms with van der Waals surface area (Å²) in [6, 6.07) is 9.01. The first-order valence-corrected chi connectivity index (χ1v) is 6.72. The third-order valence-corrected chi connectivity index (χ3v) is 4.07. The molecule has 0 radical (unpaired) electrons. The van der Waals surface area contributed by atoms with Gasteiger partial charge in [-0.2, -0.15) is 0 Å². The molecule has 0 spiro atoms. The topological polar surface area (TPSA) is 66.4 Å². The van der Waals surface area contributed by atoms with Crippen molar-refractivity contribution in [1.82, 2.24) is 5.32 Å². The SMILES string of the molecule is O=CN[C@@](C(=O)O)(c1ccccc1)C1CCCCC1. The molecule has 19 heavy (non-hydrogen) atoms. The summed E-state index contributed by atoms with van der Waals surface area (Å²) in [6.45, 7) is 0. The van der Waals surface area contributed by atoms with Crippen molar-refractivity contribution in [2.45, 2.75) is 37.6 Å². The fourth-order valence-electron chi connectivity index (χ4n) is 3.13. The van der Waals surface area contributed by atoms with Crippen LogP contribution in [0.1, 0.15) is 37.7 Å². The molecule has 0 bridgehead atoms. The molecule has 0 heterocycles. The van der Waals surface area contributed by atoms with E-state index in [0.717, 1.165) is 32.1 Å². The molecule has 1 fully saturated rings. The first-order chi connectivity index (χ1) is 9.21. The van der Waals surface area contributed by atoms with E-state index in [1.807, 2.05) is 18.2 Å². The summed E-state index contributed by atoms with van der Waals surface area (Å²) in [5, 5.41) is 12.3. The Morgan fingerprint density at radius 3 is 2.37 bits per heavy atom.